The fourth-order valence-electron chi connectivity index (χ4n) is 2.96. The molecule has 0 radical (unpaired) electrons. The number of fused-ring (bicyclic) bond motifs is 2. The van der Waals surface area contributed by atoms with E-state index in [1.807, 2.05) is 6.92 Å². The van der Waals surface area contributed by atoms with Crippen molar-refractivity contribution in [2.75, 3.05) is 13.1 Å². The summed E-state index contributed by atoms with van der Waals surface area (Å²) in [7, 11) is 0. The molecule has 5 unspecified atom stereocenters. The summed E-state index contributed by atoms with van der Waals surface area (Å²) in [5.41, 5.74) is 0.875. The molecular formula is C13H17N3O2S. The fourth-order valence-corrected chi connectivity index (χ4v) is 3.50. The van der Waals surface area contributed by atoms with Gasteiger partial charge in [-0.3, -0.25) is 4.90 Å². The highest BCUT2D eigenvalue weighted by molar-refractivity contribution is 6.99. The third kappa shape index (κ3) is 2.34. The van der Waals surface area contributed by atoms with Gasteiger partial charge in [-0.2, -0.15) is 4.37 Å². The van der Waals surface area contributed by atoms with Gasteiger partial charge in [-0.05, 0) is 25.7 Å². The summed E-state index contributed by atoms with van der Waals surface area (Å²) in [6.07, 6.45) is 6.85. The zero-order valence-corrected chi connectivity index (χ0v) is 11.6. The Hall–Kier alpha value is -1.16. The molecule has 1 N–H and O–H groups in total. The van der Waals surface area contributed by atoms with Crippen molar-refractivity contribution in [2.45, 2.75) is 38.0 Å². The van der Waals surface area contributed by atoms with Gasteiger partial charge in [-0.1, -0.05) is 5.92 Å². The van der Waals surface area contributed by atoms with E-state index in [1.165, 1.54) is 0 Å². The van der Waals surface area contributed by atoms with Crippen LogP contribution in [-0.4, -0.2) is 44.1 Å². The van der Waals surface area contributed by atoms with E-state index < -0.39 is 0 Å². The van der Waals surface area contributed by atoms with E-state index in [1.54, 1.807) is 0 Å². The van der Waals surface area contributed by atoms with Gasteiger partial charge in [0.25, 0.3) is 5.88 Å². The number of hydrogen-bond acceptors (Lipinski definition) is 6. The van der Waals surface area contributed by atoms with E-state index in [9.17, 15) is 5.11 Å². The third-order valence-corrected chi connectivity index (χ3v) is 4.53. The summed E-state index contributed by atoms with van der Waals surface area (Å²) < 4.78 is 14.2. The summed E-state index contributed by atoms with van der Waals surface area (Å²) in [6.45, 7) is 3.48. The third-order valence-electron chi connectivity index (χ3n) is 4.01. The van der Waals surface area contributed by atoms with Crippen LogP contribution in [0, 0.1) is 18.3 Å². The maximum absolute atomic E-state index is 9.93. The summed E-state index contributed by atoms with van der Waals surface area (Å²) in [5, 5.41) is 9.93. The van der Waals surface area contributed by atoms with Crippen LogP contribution < -0.4 is 4.74 Å². The molecule has 102 valence electrons. The highest BCUT2D eigenvalue weighted by Crippen LogP contribution is 2.41. The SMILES string of the molecule is C#CC(C)Oc1nsnc1C1CCC2CN1CC2O. The van der Waals surface area contributed by atoms with Crippen LogP contribution in [0.1, 0.15) is 31.5 Å². The number of hydrogen-bond donors (Lipinski definition) is 1. The molecule has 5 atom stereocenters. The first-order valence-electron chi connectivity index (χ1n) is 6.56. The Balaban J connectivity index is 1.80. The molecular weight excluding hydrogens is 262 g/mol. The highest BCUT2D eigenvalue weighted by Gasteiger charge is 2.42. The lowest BCUT2D eigenvalue weighted by Crippen LogP contribution is -2.31. The fraction of sp³-hybridized carbons (Fsp3) is 0.692. The van der Waals surface area contributed by atoms with E-state index in [0.29, 0.717) is 11.8 Å². The lowest BCUT2D eigenvalue weighted by atomic mass is 9.93. The number of piperidine rings is 1. The van der Waals surface area contributed by atoms with Crippen LogP contribution in [-0.2, 0) is 0 Å². The molecule has 0 aliphatic carbocycles. The summed E-state index contributed by atoms with van der Waals surface area (Å²) in [6, 6.07) is 0.201. The molecule has 1 aromatic rings. The van der Waals surface area contributed by atoms with Crippen LogP contribution in [0.25, 0.3) is 0 Å². The Morgan fingerprint density at radius 1 is 1.47 bits per heavy atom. The smallest absolute Gasteiger partial charge is 0.251 e. The quantitative estimate of drug-likeness (QED) is 0.839. The van der Waals surface area contributed by atoms with Gasteiger partial charge >= 0.3 is 0 Å². The molecule has 1 aromatic heterocycles. The van der Waals surface area contributed by atoms with E-state index in [2.05, 4.69) is 19.6 Å². The normalized spacial score (nSPS) is 34.8. The first-order valence-corrected chi connectivity index (χ1v) is 7.29. The second-order valence-corrected chi connectivity index (χ2v) is 5.78. The van der Waals surface area contributed by atoms with Gasteiger partial charge in [0, 0.05) is 13.1 Å². The molecule has 0 amide bonds. The van der Waals surface area contributed by atoms with Crippen molar-refractivity contribution in [1.82, 2.24) is 13.6 Å². The van der Waals surface area contributed by atoms with Crippen molar-refractivity contribution < 1.29 is 9.84 Å². The van der Waals surface area contributed by atoms with Crippen LogP contribution in [0.15, 0.2) is 0 Å². The van der Waals surface area contributed by atoms with Crippen LogP contribution in [0.3, 0.4) is 0 Å². The molecule has 2 saturated heterocycles. The molecule has 2 fully saturated rings. The standard InChI is InChI=1S/C13H17N3O2S/c1-3-8(2)18-13-12(14-19-15-13)10-5-4-9-6-16(10)7-11(9)17/h1,8-11,17H,4-7H2,2H3. The maximum Gasteiger partial charge on any atom is 0.251 e. The van der Waals surface area contributed by atoms with Crippen molar-refractivity contribution in [3.05, 3.63) is 5.69 Å². The molecule has 0 spiro atoms. The van der Waals surface area contributed by atoms with Crippen molar-refractivity contribution in [3.8, 4) is 18.2 Å². The number of ether oxygens (including phenoxy) is 1. The zero-order chi connectivity index (χ0) is 13.4. The monoisotopic (exact) mass is 279 g/mol. The number of rotatable bonds is 3. The molecule has 2 bridgehead atoms. The van der Waals surface area contributed by atoms with E-state index in [-0.39, 0.29) is 18.2 Å². The Bertz CT molecular complexity index is 496. The minimum atomic E-state index is -0.303. The minimum Gasteiger partial charge on any atom is -0.459 e. The second-order valence-electron chi connectivity index (χ2n) is 5.26. The highest BCUT2D eigenvalue weighted by atomic mass is 32.1. The van der Waals surface area contributed by atoms with Crippen molar-refractivity contribution in [1.29, 1.82) is 0 Å². The van der Waals surface area contributed by atoms with E-state index >= 15 is 0 Å². The van der Waals surface area contributed by atoms with Crippen LogP contribution >= 0.6 is 11.7 Å². The van der Waals surface area contributed by atoms with Gasteiger partial charge in [0.15, 0.2) is 6.10 Å². The lowest BCUT2D eigenvalue weighted by Gasteiger charge is -2.30. The van der Waals surface area contributed by atoms with Gasteiger partial charge in [-0.25, -0.2) is 0 Å². The molecule has 3 heterocycles. The van der Waals surface area contributed by atoms with Gasteiger partial charge in [-0.15, -0.1) is 10.8 Å². The Morgan fingerprint density at radius 2 is 2.32 bits per heavy atom. The van der Waals surface area contributed by atoms with E-state index in [4.69, 9.17) is 11.2 Å². The molecule has 2 aliphatic heterocycles. The Morgan fingerprint density at radius 3 is 3.11 bits per heavy atom. The molecule has 3 rings (SSSR count). The first kappa shape index (κ1) is 12.9. The zero-order valence-electron chi connectivity index (χ0n) is 10.8. The van der Waals surface area contributed by atoms with Crippen molar-refractivity contribution >= 4 is 11.7 Å². The summed E-state index contributed by atoms with van der Waals surface area (Å²) in [5.74, 6) is 3.50. The molecule has 19 heavy (non-hydrogen) atoms. The van der Waals surface area contributed by atoms with Gasteiger partial charge < -0.3 is 9.84 Å². The lowest BCUT2D eigenvalue weighted by molar-refractivity contribution is 0.144. The Labute approximate surface area is 116 Å². The van der Waals surface area contributed by atoms with Crippen LogP contribution in [0.4, 0.5) is 0 Å². The summed E-state index contributed by atoms with van der Waals surface area (Å²) in [4.78, 5) is 2.28. The van der Waals surface area contributed by atoms with Gasteiger partial charge in [0.1, 0.15) is 5.69 Å². The van der Waals surface area contributed by atoms with Crippen LogP contribution in [0.5, 0.6) is 5.88 Å². The minimum absolute atomic E-state index is 0.201. The molecule has 2 aliphatic rings. The number of aliphatic hydroxyl groups is 1. The topological polar surface area (TPSA) is 58.5 Å². The van der Waals surface area contributed by atoms with Crippen molar-refractivity contribution in [2.24, 2.45) is 5.92 Å². The average Bonchev–Trinajstić information content (AvgIpc) is 2.96. The van der Waals surface area contributed by atoms with Gasteiger partial charge in [0.2, 0.25) is 0 Å². The second kappa shape index (κ2) is 5.08. The van der Waals surface area contributed by atoms with E-state index in [0.717, 1.165) is 43.4 Å². The summed E-state index contributed by atoms with van der Waals surface area (Å²) >= 11 is 1.16. The largest absolute Gasteiger partial charge is 0.459 e. The predicted octanol–water partition coefficient (Wildman–Crippen LogP) is 1.07. The average molecular weight is 279 g/mol. The predicted molar refractivity (Wildman–Crippen MR) is 71.9 cm³/mol. The van der Waals surface area contributed by atoms with Gasteiger partial charge in [0.05, 0.1) is 23.9 Å². The number of terminal acetylenes is 1. The molecule has 6 heteroatoms. The number of nitrogens with zero attached hydrogens (tertiary/aromatic N) is 3. The van der Waals surface area contributed by atoms with Crippen molar-refractivity contribution in [3.63, 3.8) is 0 Å². The molecule has 0 aromatic carbocycles. The Kier molecular flexibility index (Phi) is 3.44. The number of aliphatic hydroxyl groups excluding tert-OH is 1. The number of aromatic nitrogens is 2. The van der Waals surface area contributed by atoms with Crippen LogP contribution in [0.2, 0.25) is 0 Å². The molecule has 0 saturated carbocycles. The first-order chi connectivity index (χ1) is 9.19. The maximum atomic E-state index is 9.93. The molecule has 5 nitrogen and oxygen atoms in total.